The Hall–Kier alpha value is -1.21. The Labute approximate surface area is 104 Å². The predicted molar refractivity (Wildman–Crippen MR) is 61.3 cm³/mol. The molecule has 0 atom stereocenters. The maximum absolute atomic E-state index is 11.8. The minimum atomic E-state index is -0.247. The van der Waals surface area contributed by atoms with Crippen LogP contribution in [0.3, 0.4) is 0 Å². The SMILES string of the molecule is Cn1ncnc1Cn1cnc(Cl)c(Br)c1=O. The van der Waals surface area contributed by atoms with E-state index in [2.05, 4.69) is 31.0 Å². The maximum atomic E-state index is 11.8. The summed E-state index contributed by atoms with van der Waals surface area (Å²) in [6.07, 6.45) is 2.81. The van der Waals surface area contributed by atoms with E-state index in [9.17, 15) is 4.79 Å². The van der Waals surface area contributed by atoms with Gasteiger partial charge in [-0.3, -0.25) is 14.0 Å². The van der Waals surface area contributed by atoms with Gasteiger partial charge in [0.2, 0.25) is 0 Å². The molecule has 0 amide bonds. The topological polar surface area (TPSA) is 65.6 Å². The summed E-state index contributed by atoms with van der Waals surface area (Å²) in [7, 11) is 1.76. The van der Waals surface area contributed by atoms with E-state index in [-0.39, 0.29) is 15.2 Å². The summed E-state index contributed by atoms with van der Waals surface area (Å²) >= 11 is 8.78. The smallest absolute Gasteiger partial charge is 0.269 e. The summed E-state index contributed by atoms with van der Waals surface area (Å²) < 4.78 is 3.24. The molecule has 0 fully saturated rings. The van der Waals surface area contributed by atoms with Gasteiger partial charge in [-0.2, -0.15) is 5.10 Å². The number of hydrogen-bond donors (Lipinski definition) is 0. The van der Waals surface area contributed by atoms with Crippen molar-refractivity contribution in [1.82, 2.24) is 24.3 Å². The third-order valence-electron chi connectivity index (χ3n) is 2.06. The lowest BCUT2D eigenvalue weighted by molar-refractivity contribution is 0.631. The fourth-order valence-corrected chi connectivity index (χ4v) is 1.63. The molecular formula is C8H7BrClN5O. The van der Waals surface area contributed by atoms with Crippen LogP contribution in [0.15, 0.2) is 21.9 Å². The Morgan fingerprint density at radius 1 is 1.50 bits per heavy atom. The first-order valence-electron chi connectivity index (χ1n) is 4.33. The molecule has 0 aliphatic carbocycles. The monoisotopic (exact) mass is 303 g/mol. The Morgan fingerprint density at radius 2 is 2.25 bits per heavy atom. The van der Waals surface area contributed by atoms with Gasteiger partial charge in [-0.1, -0.05) is 11.6 Å². The molecule has 16 heavy (non-hydrogen) atoms. The van der Waals surface area contributed by atoms with Gasteiger partial charge in [-0.25, -0.2) is 9.97 Å². The molecule has 0 saturated carbocycles. The molecule has 2 rings (SSSR count). The van der Waals surface area contributed by atoms with Crippen molar-refractivity contribution in [2.45, 2.75) is 6.54 Å². The van der Waals surface area contributed by atoms with E-state index in [4.69, 9.17) is 11.6 Å². The molecule has 0 saturated heterocycles. The molecule has 0 aliphatic rings. The van der Waals surface area contributed by atoms with Crippen LogP contribution in [-0.4, -0.2) is 24.3 Å². The number of aromatic nitrogens is 5. The van der Waals surface area contributed by atoms with E-state index in [0.29, 0.717) is 12.4 Å². The van der Waals surface area contributed by atoms with Gasteiger partial charge in [0, 0.05) is 7.05 Å². The lowest BCUT2D eigenvalue weighted by atomic mass is 10.5. The fraction of sp³-hybridized carbons (Fsp3) is 0.250. The van der Waals surface area contributed by atoms with Crippen LogP contribution in [0.25, 0.3) is 0 Å². The quantitative estimate of drug-likeness (QED) is 0.771. The average molecular weight is 305 g/mol. The molecule has 2 aromatic heterocycles. The van der Waals surface area contributed by atoms with E-state index in [1.165, 1.54) is 17.2 Å². The normalized spacial score (nSPS) is 10.7. The minimum absolute atomic E-state index is 0.152. The maximum Gasteiger partial charge on any atom is 0.269 e. The van der Waals surface area contributed by atoms with Crippen LogP contribution in [0.1, 0.15) is 5.82 Å². The largest absolute Gasteiger partial charge is 0.290 e. The van der Waals surface area contributed by atoms with Crippen molar-refractivity contribution in [2.75, 3.05) is 0 Å². The molecule has 8 heteroatoms. The summed E-state index contributed by atoms with van der Waals surface area (Å²) in [5.41, 5.74) is -0.247. The summed E-state index contributed by atoms with van der Waals surface area (Å²) in [5.74, 6) is 0.665. The zero-order valence-electron chi connectivity index (χ0n) is 8.26. The van der Waals surface area contributed by atoms with Gasteiger partial charge in [0.15, 0.2) is 5.15 Å². The van der Waals surface area contributed by atoms with Crippen molar-refractivity contribution < 1.29 is 0 Å². The zero-order valence-corrected chi connectivity index (χ0v) is 10.6. The van der Waals surface area contributed by atoms with E-state index >= 15 is 0 Å². The first-order chi connectivity index (χ1) is 7.59. The summed E-state index contributed by atoms with van der Waals surface area (Å²) in [4.78, 5) is 19.7. The summed E-state index contributed by atoms with van der Waals surface area (Å²) in [6.45, 7) is 0.304. The molecule has 2 aromatic rings. The van der Waals surface area contributed by atoms with Crippen molar-refractivity contribution in [1.29, 1.82) is 0 Å². The second kappa shape index (κ2) is 4.34. The minimum Gasteiger partial charge on any atom is -0.290 e. The molecular weight excluding hydrogens is 297 g/mol. The highest BCUT2D eigenvalue weighted by Gasteiger charge is 2.09. The van der Waals surface area contributed by atoms with Gasteiger partial charge in [0.25, 0.3) is 5.56 Å². The second-order valence-corrected chi connectivity index (χ2v) is 4.23. The lowest BCUT2D eigenvalue weighted by Crippen LogP contribution is -2.23. The van der Waals surface area contributed by atoms with Crippen LogP contribution in [0.4, 0.5) is 0 Å². The summed E-state index contributed by atoms with van der Waals surface area (Å²) in [6, 6.07) is 0. The first kappa shape index (κ1) is 11.3. The highest BCUT2D eigenvalue weighted by atomic mass is 79.9. The molecule has 0 aliphatic heterocycles. The van der Waals surface area contributed by atoms with Gasteiger partial charge in [0.05, 0.1) is 12.9 Å². The molecule has 0 bridgehead atoms. The van der Waals surface area contributed by atoms with Crippen LogP contribution in [0.5, 0.6) is 0 Å². The van der Waals surface area contributed by atoms with Gasteiger partial charge in [-0.15, -0.1) is 0 Å². The van der Waals surface area contributed by atoms with Crippen molar-refractivity contribution in [3.05, 3.63) is 38.5 Å². The van der Waals surface area contributed by atoms with E-state index in [1.54, 1.807) is 11.7 Å². The molecule has 0 spiro atoms. The standard InChI is InChI=1S/C8H7BrClN5O/c1-14-5(11-3-13-14)2-15-4-12-7(10)6(9)8(15)16/h3-4H,2H2,1H3. The van der Waals surface area contributed by atoms with Crippen LogP contribution >= 0.6 is 27.5 Å². The van der Waals surface area contributed by atoms with Crippen molar-refractivity contribution in [2.24, 2.45) is 7.05 Å². The highest BCUT2D eigenvalue weighted by Crippen LogP contribution is 2.13. The fourth-order valence-electron chi connectivity index (χ4n) is 1.17. The molecule has 0 unspecified atom stereocenters. The van der Waals surface area contributed by atoms with Gasteiger partial charge in [0.1, 0.15) is 16.6 Å². The third-order valence-corrected chi connectivity index (χ3v) is 3.29. The molecule has 2 heterocycles. The molecule has 6 nitrogen and oxygen atoms in total. The number of hydrogen-bond acceptors (Lipinski definition) is 4. The average Bonchev–Trinajstić information content (AvgIpc) is 2.65. The molecule has 0 aromatic carbocycles. The second-order valence-electron chi connectivity index (χ2n) is 3.08. The van der Waals surface area contributed by atoms with Crippen LogP contribution in [-0.2, 0) is 13.6 Å². The van der Waals surface area contributed by atoms with Crippen LogP contribution in [0.2, 0.25) is 5.15 Å². The van der Waals surface area contributed by atoms with Gasteiger partial charge >= 0.3 is 0 Å². The number of aryl methyl sites for hydroxylation is 1. The van der Waals surface area contributed by atoms with Crippen LogP contribution < -0.4 is 5.56 Å². The molecule has 84 valence electrons. The lowest BCUT2D eigenvalue weighted by Gasteiger charge is -2.05. The van der Waals surface area contributed by atoms with Crippen molar-refractivity contribution in [3.8, 4) is 0 Å². The first-order valence-corrected chi connectivity index (χ1v) is 5.50. The van der Waals surface area contributed by atoms with Gasteiger partial charge < -0.3 is 0 Å². The summed E-state index contributed by atoms with van der Waals surface area (Å²) in [5, 5.41) is 4.07. The Morgan fingerprint density at radius 3 is 2.88 bits per heavy atom. The highest BCUT2D eigenvalue weighted by molar-refractivity contribution is 9.10. The van der Waals surface area contributed by atoms with Crippen LogP contribution in [0, 0.1) is 0 Å². The van der Waals surface area contributed by atoms with E-state index < -0.39 is 0 Å². The van der Waals surface area contributed by atoms with E-state index in [0.717, 1.165) is 0 Å². The zero-order chi connectivity index (χ0) is 11.7. The van der Waals surface area contributed by atoms with Crippen molar-refractivity contribution >= 4 is 27.5 Å². The van der Waals surface area contributed by atoms with E-state index in [1.807, 2.05) is 0 Å². The number of nitrogens with zero attached hydrogens (tertiary/aromatic N) is 5. The Balaban J connectivity index is 2.40. The third kappa shape index (κ3) is 2.00. The number of halogens is 2. The predicted octanol–water partition coefficient (Wildman–Crippen LogP) is 0.836. The van der Waals surface area contributed by atoms with Crippen molar-refractivity contribution in [3.63, 3.8) is 0 Å². The Kier molecular flexibility index (Phi) is 3.06. The molecule has 0 radical (unpaired) electrons. The molecule has 0 N–H and O–H groups in total. The van der Waals surface area contributed by atoms with Gasteiger partial charge in [-0.05, 0) is 15.9 Å². The Bertz CT molecular complexity index is 578. The number of rotatable bonds is 2.